The number of hydrogen-bond donors (Lipinski definition) is 2. The largest absolute Gasteiger partial charge is 0.353 e. The normalized spacial score (nSPS) is 28.1. The summed E-state index contributed by atoms with van der Waals surface area (Å²) in [5.41, 5.74) is 5.63. The lowest BCUT2D eigenvalue weighted by atomic mass is 9.97. The molecule has 0 spiro atoms. The summed E-state index contributed by atoms with van der Waals surface area (Å²) in [5.74, 6) is 2.19. The van der Waals surface area contributed by atoms with E-state index in [2.05, 4.69) is 24.3 Å². The predicted molar refractivity (Wildman–Crippen MR) is 65.0 cm³/mol. The Bertz CT molecular complexity index is 225. The van der Waals surface area contributed by atoms with Crippen molar-refractivity contribution in [1.29, 1.82) is 0 Å². The Morgan fingerprint density at radius 2 is 2.33 bits per heavy atom. The zero-order valence-corrected chi connectivity index (χ0v) is 10.6. The maximum Gasteiger partial charge on any atom is 0.236 e. The molecule has 4 nitrogen and oxygen atoms in total. The lowest BCUT2D eigenvalue weighted by Crippen LogP contribution is -2.54. The molecular formula is C10H21N3OS. The van der Waals surface area contributed by atoms with Crippen LogP contribution in [0.25, 0.3) is 0 Å². The van der Waals surface area contributed by atoms with E-state index in [0.717, 1.165) is 12.2 Å². The summed E-state index contributed by atoms with van der Waals surface area (Å²) in [6.45, 7) is 2.41. The van der Waals surface area contributed by atoms with E-state index in [9.17, 15) is 4.79 Å². The number of nitrogens with zero attached hydrogens (tertiary/aromatic N) is 1. The first-order chi connectivity index (χ1) is 6.98. The fourth-order valence-corrected chi connectivity index (χ4v) is 3.21. The van der Waals surface area contributed by atoms with Crippen LogP contribution in [0.3, 0.4) is 0 Å². The van der Waals surface area contributed by atoms with Crippen molar-refractivity contribution in [2.45, 2.75) is 24.9 Å². The van der Waals surface area contributed by atoms with Crippen molar-refractivity contribution in [2.24, 2.45) is 5.73 Å². The summed E-state index contributed by atoms with van der Waals surface area (Å²) in [4.78, 5) is 13.6. The van der Waals surface area contributed by atoms with Crippen molar-refractivity contribution >= 4 is 17.7 Å². The number of likely N-dealkylation sites (N-methyl/N-ethyl adjacent to an activating group) is 1. The highest BCUT2D eigenvalue weighted by molar-refractivity contribution is 7.99. The van der Waals surface area contributed by atoms with E-state index < -0.39 is 6.04 Å². The first kappa shape index (κ1) is 12.8. The zero-order valence-electron chi connectivity index (χ0n) is 9.75. The molecule has 0 aromatic carbocycles. The summed E-state index contributed by atoms with van der Waals surface area (Å²) >= 11 is 1.95. The Kier molecular flexibility index (Phi) is 4.43. The van der Waals surface area contributed by atoms with Gasteiger partial charge in [0.05, 0.1) is 6.04 Å². The van der Waals surface area contributed by atoms with Crippen molar-refractivity contribution in [3.63, 3.8) is 0 Å². The molecule has 88 valence electrons. The summed E-state index contributed by atoms with van der Waals surface area (Å²) < 4.78 is 0. The van der Waals surface area contributed by atoms with Gasteiger partial charge in [-0.05, 0) is 33.2 Å². The quantitative estimate of drug-likeness (QED) is 0.709. The molecule has 15 heavy (non-hydrogen) atoms. The van der Waals surface area contributed by atoms with Gasteiger partial charge in [0.2, 0.25) is 5.91 Å². The van der Waals surface area contributed by atoms with Crippen LogP contribution in [-0.2, 0) is 4.79 Å². The molecule has 1 fully saturated rings. The van der Waals surface area contributed by atoms with Gasteiger partial charge in [0.1, 0.15) is 0 Å². The Morgan fingerprint density at radius 1 is 1.67 bits per heavy atom. The molecule has 0 saturated carbocycles. The average Bonchev–Trinajstić information content (AvgIpc) is 2.63. The second kappa shape index (κ2) is 5.18. The highest BCUT2D eigenvalue weighted by Gasteiger charge is 2.36. The fraction of sp³-hybridized carbons (Fsp3) is 0.900. The second-order valence-electron chi connectivity index (χ2n) is 4.43. The Hall–Kier alpha value is -0.260. The van der Waals surface area contributed by atoms with E-state index >= 15 is 0 Å². The molecule has 0 radical (unpaired) electrons. The molecule has 0 aliphatic carbocycles. The van der Waals surface area contributed by atoms with Gasteiger partial charge >= 0.3 is 0 Å². The van der Waals surface area contributed by atoms with E-state index in [0.29, 0.717) is 6.54 Å². The van der Waals surface area contributed by atoms with Gasteiger partial charge < -0.3 is 16.0 Å². The molecule has 2 atom stereocenters. The van der Waals surface area contributed by atoms with Crippen molar-refractivity contribution in [3.05, 3.63) is 0 Å². The molecule has 1 rings (SSSR count). The van der Waals surface area contributed by atoms with E-state index in [-0.39, 0.29) is 11.4 Å². The van der Waals surface area contributed by atoms with Crippen LogP contribution in [-0.4, -0.2) is 54.5 Å². The molecular weight excluding hydrogens is 210 g/mol. The van der Waals surface area contributed by atoms with Crippen molar-refractivity contribution < 1.29 is 4.79 Å². The number of amides is 1. The highest BCUT2D eigenvalue weighted by Crippen LogP contribution is 2.31. The molecule has 1 amide bonds. The third kappa shape index (κ3) is 3.09. The van der Waals surface area contributed by atoms with Crippen molar-refractivity contribution in [3.8, 4) is 0 Å². The van der Waals surface area contributed by atoms with Crippen LogP contribution in [0, 0.1) is 0 Å². The SMILES string of the molecule is C[C@@H](N)C(=O)NCC1(N(C)C)CCSC1. The lowest BCUT2D eigenvalue weighted by Gasteiger charge is -2.35. The summed E-state index contributed by atoms with van der Waals surface area (Å²) in [5, 5.41) is 2.93. The summed E-state index contributed by atoms with van der Waals surface area (Å²) in [7, 11) is 4.15. The van der Waals surface area contributed by atoms with E-state index in [1.807, 2.05) is 11.8 Å². The van der Waals surface area contributed by atoms with Crippen LogP contribution < -0.4 is 11.1 Å². The number of hydrogen-bond acceptors (Lipinski definition) is 4. The Balaban J connectivity index is 2.50. The van der Waals surface area contributed by atoms with E-state index in [1.165, 1.54) is 5.75 Å². The standard InChI is InChI=1S/C10H21N3OS/c1-8(11)9(14)12-6-10(13(2)3)4-5-15-7-10/h8H,4-7,11H2,1-3H3,(H,12,14)/t8-,10?/m1/s1. The number of carbonyl (C=O) groups is 1. The molecule has 0 bridgehead atoms. The predicted octanol–water partition coefficient (Wildman–Crippen LogP) is -0.113. The van der Waals surface area contributed by atoms with Crippen LogP contribution in [0.15, 0.2) is 0 Å². The first-order valence-corrected chi connectivity index (χ1v) is 6.42. The summed E-state index contributed by atoms with van der Waals surface area (Å²) in [6.07, 6.45) is 1.13. The fourth-order valence-electron chi connectivity index (χ4n) is 1.66. The van der Waals surface area contributed by atoms with Gasteiger partial charge in [-0.1, -0.05) is 0 Å². The molecule has 1 unspecified atom stereocenters. The zero-order chi connectivity index (χ0) is 11.5. The average molecular weight is 231 g/mol. The number of rotatable bonds is 4. The molecule has 1 heterocycles. The van der Waals surface area contributed by atoms with Gasteiger partial charge in [-0.3, -0.25) is 4.79 Å². The molecule has 1 saturated heterocycles. The lowest BCUT2D eigenvalue weighted by molar-refractivity contribution is -0.122. The monoisotopic (exact) mass is 231 g/mol. The van der Waals surface area contributed by atoms with E-state index in [4.69, 9.17) is 5.73 Å². The van der Waals surface area contributed by atoms with Gasteiger partial charge in [0.25, 0.3) is 0 Å². The molecule has 3 N–H and O–H groups in total. The van der Waals surface area contributed by atoms with Crippen molar-refractivity contribution in [1.82, 2.24) is 10.2 Å². The number of nitrogens with two attached hydrogens (primary N) is 1. The minimum absolute atomic E-state index is 0.0619. The van der Waals surface area contributed by atoms with Crippen LogP contribution in [0.5, 0.6) is 0 Å². The van der Waals surface area contributed by atoms with Crippen LogP contribution in [0.4, 0.5) is 0 Å². The van der Waals surface area contributed by atoms with Crippen molar-refractivity contribution in [2.75, 3.05) is 32.1 Å². The van der Waals surface area contributed by atoms with Gasteiger partial charge in [-0.25, -0.2) is 0 Å². The minimum atomic E-state index is -0.418. The smallest absolute Gasteiger partial charge is 0.236 e. The van der Waals surface area contributed by atoms with Gasteiger partial charge in [-0.15, -0.1) is 0 Å². The van der Waals surface area contributed by atoms with Crippen LogP contribution in [0.2, 0.25) is 0 Å². The van der Waals surface area contributed by atoms with Crippen LogP contribution >= 0.6 is 11.8 Å². The topological polar surface area (TPSA) is 58.4 Å². The Labute approximate surface area is 96.0 Å². The maximum absolute atomic E-state index is 11.4. The third-order valence-electron chi connectivity index (χ3n) is 3.04. The molecule has 5 heteroatoms. The second-order valence-corrected chi connectivity index (χ2v) is 5.53. The minimum Gasteiger partial charge on any atom is -0.353 e. The Morgan fingerprint density at radius 3 is 2.73 bits per heavy atom. The number of nitrogens with one attached hydrogen (secondary N) is 1. The molecule has 0 aromatic rings. The van der Waals surface area contributed by atoms with E-state index in [1.54, 1.807) is 6.92 Å². The number of carbonyl (C=O) groups excluding carboxylic acids is 1. The highest BCUT2D eigenvalue weighted by atomic mass is 32.2. The van der Waals surface area contributed by atoms with Gasteiger partial charge in [0.15, 0.2) is 0 Å². The summed E-state index contributed by atoms with van der Waals surface area (Å²) in [6, 6.07) is -0.418. The first-order valence-electron chi connectivity index (χ1n) is 5.26. The maximum atomic E-state index is 11.4. The van der Waals surface area contributed by atoms with Crippen LogP contribution in [0.1, 0.15) is 13.3 Å². The molecule has 1 aliphatic rings. The molecule has 1 aliphatic heterocycles. The van der Waals surface area contributed by atoms with Gasteiger partial charge in [0, 0.05) is 17.8 Å². The third-order valence-corrected chi connectivity index (χ3v) is 4.27. The van der Waals surface area contributed by atoms with Gasteiger partial charge in [-0.2, -0.15) is 11.8 Å². The number of thioether (sulfide) groups is 1. The molecule has 0 aromatic heterocycles.